The number of amides is 1. The van der Waals surface area contributed by atoms with E-state index in [4.69, 9.17) is 38.2 Å². The molecule has 0 aliphatic rings. The highest BCUT2D eigenvalue weighted by atomic mass is 35.5. The van der Waals surface area contributed by atoms with Crippen molar-refractivity contribution >= 4 is 50.8 Å². The van der Waals surface area contributed by atoms with E-state index in [1.165, 1.54) is 24.3 Å². The molecule has 0 unspecified atom stereocenters. The Morgan fingerprint density at radius 2 is 1.79 bits per heavy atom. The number of aliphatic carboxylic acids is 1. The summed E-state index contributed by atoms with van der Waals surface area (Å²) in [5, 5.41) is 17.7. The SMILES string of the molecule is C/C(=N\NC(=O)c1ccc(Cl)c(S(N)(=O)=O)c1)c1ccc(OCC(=O)O)c(Cl)c1. The molecule has 29 heavy (non-hydrogen) atoms. The average Bonchev–Trinajstić information content (AvgIpc) is 2.64. The lowest BCUT2D eigenvalue weighted by molar-refractivity contribution is -0.139. The van der Waals surface area contributed by atoms with E-state index in [1.807, 2.05) is 0 Å². The summed E-state index contributed by atoms with van der Waals surface area (Å²) in [6.07, 6.45) is 0. The highest BCUT2D eigenvalue weighted by Crippen LogP contribution is 2.26. The maximum Gasteiger partial charge on any atom is 0.341 e. The molecule has 2 aromatic rings. The van der Waals surface area contributed by atoms with Crippen LogP contribution < -0.4 is 15.3 Å². The molecule has 0 atom stereocenters. The van der Waals surface area contributed by atoms with E-state index in [1.54, 1.807) is 13.0 Å². The van der Waals surface area contributed by atoms with Crippen LogP contribution in [0.15, 0.2) is 46.4 Å². The minimum absolute atomic E-state index is 0.00886. The molecule has 1 amide bonds. The quantitative estimate of drug-likeness (QED) is 0.426. The van der Waals surface area contributed by atoms with Crippen molar-refractivity contribution in [2.24, 2.45) is 10.2 Å². The summed E-state index contributed by atoms with van der Waals surface area (Å²) in [6.45, 7) is 1.06. The monoisotopic (exact) mass is 459 g/mol. The number of carbonyl (C=O) groups excluding carboxylic acids is 1. The molecule has 0 radical (unpaired) electrons. The molecular weight excluding hydrogens is 445 g/mol. The number of rotatable bonds is 7. The lowest BCUT2D eigenvalue weighted by Gasteiger charge is -2.08. The molecule has 0 heterocycles. The van der Waals surface area contributed by atoms with Crippen molar-refractivity contribution in [1.82, 2.24) is 5.43 Å². The topological polar surface area (TPSA) is 148 Å². The number of sulfonamides is 1. The molecule has 0 aliphatic carbocycles. The van der Waals surface area contributed by atoms with Crippen molar-refractivity contribution < 1.29 is 27.9 Å². The number of carboxylic acid groups (broad SMARTS) is 1. The van der Waals surface area contributed by atoms with Crippen LogP contribution in [0.4, 0.5) is 0 Å². The van der Waals surface area contributed by atoms with Gasteiger partial charge in [-0.3, -0.25) is 4.79 Å². The number of carbonyl (C=O) groups is 2. The van der Waals surface area contributed by atoms with Crippen molar-refractivity contribution in [2.75, 3.05) is 6.61 Å². The molecule has 9 nitrogen and oxygen atoms in total. The molecule has 2 aromatic carbocycles. The first-order chi connectivity index (χ1) is 13.5. The minimum atomic E-state index is -4.09. The molecule has 12 heteroatoms. The second-order valence-corrected chi connectivity index (χ2v) is 8.00. The molecule has 0 aliphatic heterocycles. The number of nitrogens with one attached hydrogen (secondary N) is 1. The van der Waals surface area contributed by atoms with Gasteiger partial charge < -0.3 is 9.84 Å². The van der Waals surface area contributed by atoms with Gasteiger partial charge >= 0.3 is 5.97 Å². The van der Waals surface area contributed by atoms with Gasteiger partial charge in [0.05, 0.1) is 15.8 Å². The lowest BCUT2D eigenvalue weighted by Crippen LogP contribution is -2.20. The third kappa shape index (κ3) is 6.16. The molecule has 0 saturated heterocycles. The van der Waals surface area contributed by atoms with Gasteiger partial charge in [-0.25, -0.2) is 23.8 Å². The standard InChI is InChI=1S/C17H15Cl2N3O6S/c1-9(10-3-5-14(13(19)6-10)28-8-16(23)24)21-22-17(25)11-2-4-12(18)15(7-11)29(20,26)27/h2-7H,8H2,1H3,(H,22,25)(H,23,24)(H2,20,26,27)/b21-9+. The van der Waals surface area contributed by atoms with Crippen molar-refractivity contribution in [2.45, 2.75) is 11.8 Å². The Morgan fingerprint density at radius 1 is 1.14 bits per heavy atom. The summed E-state index contributed by atoms with van der Waals surface area (Å²) in [7, 11) is -4.09. The fraction of sp³-hybridized carbons (Fsp3) is 0.118. The average molecular weight is 460 g/mol. The van der Waals surface area contributed by atoms with E-state index in [9.17, 15) is 18.0 Å². The van der Waals surface area contributed by atoms with Gasteiger partial charge in [-0.15, -0.1) is 0 Å². The highest BCUT2D eigenvalue weighted by Gasteiger charge is 2.16. The fourth-order valence-electron chi connectivity index (χ4n) is 2.11. The van der Waals surface area contributed by atoms with Crippen LogP contribution in [0.1, 0.15) is 22.8 Å². The van der Waals surface area contributed by atoms with Crippen molar-refractivity contribution in [3.63, 3.8) is 0 Å². The second kappa shape index (κ2) is 9.23. The lowest BCUT2D eigenvalue weighted by atomic mass is 10.1. The van der Waals surface area contributed by atoms with Crippen LogP contribution in [-0.4, -0.2) is 37.7 Å². The van der Waals surface area contributed by atoms with E-state index < -0.39 is 28.5 Å². The summed E-state index contributed by atoms with van der Waals surface area (Å²) in [6, 6.07) is 8.15. The Kier molecular flexibility index (Phi) is 7.20. The van der Waals surface area contributed by atoms with Crippen LogP contribution in [0, 0.1) is 0 Å². The molecule has 4 N–H and O–H groups in total. The number of halogens is 2. The van der Waals surface area contributed by atoms with Crippen LogP contribution in [-0.2, 0) is 14.8 Å². The second-order valence-electron chi connectivity index (χ2n) is 5.66. The van der Waals surface area contributed by atoms with Gasteiger partial charge in [-0.05, 0) is 48.9 Å². The van der Waals surface area contributed by atoms with Crippen molar-refractivity contribution in [3.8, 4) is 5.75 Å². The zero-order valence-electron chi connectivity index (χ0n) is 14.8. The number of primary sulfonamides is 1. The van der Waals surface area contributed by atoms with Crippen LogP contribution in [0.25, 0.3) is 0 Å². The largest absolute Gasteiger partial charge is 0.480 e. The summed E-state index contributed by atoms with van der Waals surface area (Å²) < 4.78 is 28.0. The van der Waals surface area contributed by atoms with E-state index in [-0.39, 0.29) is 26.3 Å². The van der Waals surface area contributed by atoms with Crippen LogP contribution >= 0.6 is 23.2 Å². The number of nitrogens with zero attached hydrogens (tertiary/aromatic N) is 1. The molecule has 0 aromatic heterocycles. The van der Waals surface area contributed by atoms with E-state index in [2.05, 4.69) is 10.5 Å². The van der Waals surface area contributed by atoms with Gasteiger partial charge in [0.15, 0.2) is 6.61 Å². The number of hydrogen-bond acceptors (Lipinski definition) is 6. The number of benzene rings is 2. The highest BCUT2D eigenvalue weighted by molar-refractivity contribution is 7.89. The summed E-state index contributed by atoms with van der Waals surface area (Å²) >= 11 is 11.8. The number of ether oxygens (including phenoxy) is 1. The Morgan fingerprint density at radius 3 is 2.38 bits per heavy atom. The van der Waals surface area contributed by atoms with Gasteiger partial charge in [0.2, 0.25) is 10.0 Å². The molecule has 0 spiro atoms. The van der Waals surface area contributed by atoms with E-state index in [0.717, 1.165) is 6.07 Å². The van der Waals surface area contributed by atoms with Crippen LogP contribution in [0.2, 0.25) is 10.0 Å². The number of hydrazone groups is 1. The maximum absolute atomic E-state index is 12.2. The Bertz CT molecular complexity index is 1100. The first-order valence-corrected chi connectivity index (χ1v) is 10.1. The molecule has 2 rings (SSSR count). The number of hydrogen-bond donors (Lipinski definition) is 3. The van der Waals surface area contributed by atoms with E-state index >= 15 is 0 Å². The molecular formula is C17H15Cl2N3O6S. The third-order valence-corrected chi connectivity index (χ3v) is 5.21. The smallest absolute Gasteiger partial charge is 0.341 e. The Balaban J connectivity index is 2.16. The van der Waals surface area contributed by atoms with Gasteiger partial charge in [-0.1, -0.05) is 23.2 Å². The minimum Gasteiger partial charge on any atom is -0.480 e. The third-order valence-electron chi connectivity index (χ3n) is 3.53. The molecule has 0 fully saturated rings. The molecule has 154 valence electrons. The Labute approximate surface area is 176 Å². The zero-order valence-corrected chi connectivity index (χ0v) is 17.2. The maximum atomic E-state index is 12.2. The summed E-state index contributed by atoms with van der Waals surface area (Å²) in [4.78, 5) is 22.4. The van der Waals surface area contributed by atoms with Crippen molar-refractivity contribution in [1.29, 1.82) is 0 Å². The van der Waals surface area contributed by atoms with Crippen LogP contribution in [0.5, 0.6) is 5.75 Å². The first-order valence-electron chi connectivity index (χ1n) is 7.80. The summed E-state index contributed by atoms with van der Waals surface area (Å²) in [5.41, 5.74) is 3.20. The van der Waals surface area contributed by atoms with Gasteiger partial charge in [-0.2, -0.15) is 5.10 Å². The predicted molar refractivity (Wildman–Crippen MR) is 107 cm³/mol. The molecule has 0 saturated carbocycles. The van der Waals surface area contributed by atoms with Crippen LogP contribution in [0.3, 0.4) is 0 Å². The Hall–Kier alpha value is -2.66. The predicted octanol–water partition coefficient (Wildman–Crippen LogP) is 2.26. The fourth-order valence-corrected chi connectivity index (χ4v) is 3.42. The van der Waals surface area contributed by atoms with E-state index in [0.29, 0.717) is 11.3 Å². The number of nitrogens with two attached hydrogens (primary N) is 1. The zero-order chi connectivity index (χ0) is 21.8. The van der Waals surface area contributed by atoms with Gasteiger partial charge in [0, 0.05) is 5.56 Å². The first kappa shape index (κ1) is 22.6. The van der Waals surface area contributed by atoms with Crippen molar-refractivity contribution in [3.05, 3.63) is 57.6 Å². The number of carboxylic acids is 1. The van der Waals surface area contributed by atoms with Gasteiger partial charge in [0.25, 0.3) is 5.91 Å². The van der Waals surface area contributed by atoms with Gasteiger partial charge in [0.1, 0.15) is 10.6 Å². The normalized spacial score (nSPS) is 11.8. The molecule has 0 bridgehead atoms. The summed E-state index contributed by atoms with van der Waals surface area (Å²) in [5.74, 6) is -1.64.